The van der Waals surface area contributed by atoms with Crippen LogP contribution in [0.4, 0.5) is 5.95 Å². The van der Waals surface area contributed by atoms with Crippen LogP contribution in [0.15, 0.2) is 18.5 Å². The van der Waals surface area contributed by atoms with Crippen LogP contribution >= 0.6 is 0 Å². The van der Waals surface area contributed by atoms with Gasteiger partial charge in [-0.2, -0.15) is 0 Å². The van der Waals surface area contributed by atoms with Crippen molar-refractivity contribution in [2.45, 2.75) is 26.7 Å². The molecule has 116 valence electrons. The summed E-state index contributed by atoms with van der Waals surface area (Å²) >= 11 is 0. The Kier molecular flexibility index (Phi) is 6.08. The molecule has 2 N–H and O–H groups in total. The third-order valence-electron chi connectivity index (χ3n) is 3.71. The number of carbonyl (C=O) groups excluding carboxylic acids is 1. The van der Waals surface area contributed by atoms with Crippen molar-refractivity contribution in [3.8, 4) is 0 Å². The molecule has 1 aromatic rings. The van der Waals surface area contributed by atoms with E-state index in [1.807, 2.05) is 13.8 Å². The maximum absolute atomic E-state index is 11.9. The molecule has 0 atom stereocenters. The minimum atomic E-state index is -0.905. The van der Waals surface area contributed by atoms with Crippen LogP contribution in [0.25, 0.3) is 0 Å². The number of likely N-dealkylation sites (N-methyl/N-ethyl adjacent to an activating group) is 1. The second kappa shape index (κ2) is 7.56. The van der Waals surface area contributed by atoms with E-state index in [1.54, 1.807) is 30.4 Å². The predicted molar refractivity (Wildman–Crippen MR) is 79.0 cm³/mol. The van der Waals surface area contributed by atoms with Gasteiger partial charge in [0.2, 0.25) is 11.9 Å². The number of aliphatic carboxylic acids is 1. The number of hydrogen-bond donors (Lipinski definition) is 2. The Hall–Kier alpha value is -2.18. The third-order valence-corrected chi connectivity index (χ3v) is 3.71. The third kappa shape index (κ3) is 4.40. The van der Waals surface area contributed by atoms with Crippen molar-refractivity contribution in [3.05, 3.63) is 18.5 Å². The van der Waals surface area contributed by atoms with Crippen molar-refractivity contribution < 1.29 is 14.7 Å². The number of rotatable bonds is 8. The van der Waals surface area contributed by atoms with Crippen LogP contribution in [0.1, 0.15) is 26.7 Å². The zero-order chi connectivity index (χ0) is 15.9. The topological polar surface area (TPSA) is 95.4 Å². The van der Waals surface area contributed by atoms with Crippen molar-refractivity contribution in [1.29, 1.82) is 0 Å². The van der Waals surface area contributed by atoms with Gasteiger partial charge < -0.3 is 15.3 Å². The number of carboxylic acids is 1. The van der Waals surface area contributed by atoms with Gasteiger partial charge in [0.1, 0.15) is 0 Å². The molecule has 0 bridgehead atoms. The highest BCUT2D eigenvalue weighted by atomic mass is 16.4. The van der Waals surface area contributed by atoms with Gasteiger partial charge in [0, 0.05) is 26.0 Å². The fourth-order valence-corrected chi connectivity index (χ4v) is 1.98. The summed E-state index contributed by atoms with van der Waals surface area (Å²) in [6.07, 6.45) is 4.13. The van der Waals surface area contributed by atoms with Gasteiger partial charge in [-0.15, -0.1) is 0 Å². The van der Waals surface area contributed by atoms with E-state index in [-0.39, 0.29) is 19.0 Å². The van der Waals surface area contributed by atoms with Crippen molar-refractivity contribution in [3.63, 3.8) is 0 Å². The fourth-order valence-electron chi connectivity index (χ4n) is 1.98. The summed E-state index contributed by atoms with van der Waals surface area (Å²) in [6.45, 7) is 3.83. The largest absolute Gasteiger partial charge is 0.481 e. The van der Waals surface area contributed by atoms with E-state index < -0.39 is 11.4 Å². The fraction of sp³-hybridized carbons (Fsp3) is 0.571. The van der Waals surface area contributed by atoms with Crippen molar-refractivity contribution in [2.24, 2.45) is 5.41 Å². The van der Waals surface area contributed by atoms with E-state index in [4.69, 9.17) is 0 Å². The first kappa shape index (κ1) is 16.9. The minimum Gasteiger partial charge on any atom is -0.481 e. The van der Waals surface area contributed by atoms with Crippen molar-refractivity contribution >= 4 is 17.8 Å². The van der Waals surface area contributed by atoms with Gasteiger partial charge in [-0.05, 0) is 18.9 Å². The summed E-state index contributed by atoms with van der Waals surface area (Å²) < 4.78 is 0. The number of hydrogen-bond acceptors (Lipinski definition) is 5. The highest BCUT2D eigenvalue weighted by Gasteiger charge is 2.35. The number of anilines is 1. The van der Waals surface area contributed by atoms with Gasteiger partial charge in [0.05, 0.1) is 12.0 Å². The second-order valence-electron chi connectivity index (χ2n) is 4.97. The molecule has 7 heteroatoms. The number of nitrogens with zero attached hydrogens (tertiary/aromatic N) is 3. The Morgan fingerprint density at radius 3 is 2.33 bits per heavy atom. The lowest BCUT2D eigenvalue weighted by molar-refractivity contribution is -0.149. The Balaban J connectivity index is 2.56. The van der Waals surface area contributed by atoms with Crippen LogP contribution in [0.5, 0.6) is 0 Å². The lowest BCUT2D eigenvalue weighted by atomic mass is 9.82. The maximum atomic E-state index is 11.9. The molecule has 1 heterocycles. The van der Waals surface area contributed by atoms with E-state index in [0.29, 0.717) is 18.8 Å². The molecular weight excluding hydrogens is 272 g/mol. The molecule has 7 nitrogen and oxygen atoms in total. The number of amides is 1. The molecular formula is C14H22N4O3. The first-order chi connectivity index (χ1) is 9.95. The second-order valence-corrected chi connectivity index (χ2v) is 4.97. The van der Waals surface area contributed by atoms with Gasteiger partial charge in [0.25, 0.3) is 0 Å². The normalized spacial score (nSPS) is 11.0. The highest BCUT2D eigenvalue weighted by Crippen LogP contribution is 2.25. The van der Waals surface area contributed by atoms with Gasteiger partial charge in [0.15, 0.2) is 0 Å². The molecule has 0 aliphatic carbocycles. The standard InChI is InChI=1S/C14H22N4O3/c1-4-14(5-2,12(20)21)10-17-11(19)9-18(3)13-15-7-6-8-16-13/h6-8H,4-5,9-10H2,1-3H3,(H,17,19)(H,20,21). The quantitative estimate of drug-likeness (QED) is 0.740. The van der Waals surface area contributed by atoms with E-state index in [9.17, 15) is 14.7 Å². The number of aromatic nitrogens is 2. The SMILES string of the molecule is CCC(CC)(CNC(=O)CN(C)c1ncccn1)C(=O)O. The molecule has 0 aromatic carbocycles. The molecule has 21 heavy (non-hydrogen) atoms. The molecule has 1 amide bonds. The van der Waals surface area contributed by atoms with E-state index in [2.05, 4.69) is 15.3 Å². The van der Waals surface area contributed by atoms with Crippen LogP contribution in [-0.4, -0.2) is 47.1 Å². The lowest BCUT2D eigenvalue weighted by Crippen LogP contribution is -2.45. The molecule has 0 fully saturated rings. The van der Waals surface area contributed by atoms with Gasteiger partial charge in [-0.25, -0.2) is 9.97 Å². The van der Waals surface area contributed by atoms with Crippen LogP contribution < -0.4 is 10.2 Å². The molecule has 0 radical (unpaired) electrons. The van der Waals surface area contributed by atoms with E-state index in [1.165, 1.54) is 0 Å². The molecule has 0 aliphatic heterocycles. The molecule has 0 unspecified atom stereocenters. The van der Waals surface area contributed by atoms with Crippen LogP contribution in [-0.2, 0) is 9.59 Å². The smallest absolute Gasteiger partial charge is 0.311 e. The number of carboxylic acid groups (broad SMARTS) is 1. The number of carbonyl (C=O) groups is 2. The molecule has 0 saturated carbocycles. The summed E-state index contributed by atoms with van der Waals surface area (Å²) in [4.78, 5) is 33.0. The Morgan fingerprint density at radius 1 is 1.29 bits per heavy atom. The maximum Gasteiger partial charge on any atom is 0.311 e. The molecule has 1 aromatic heterocycles. The monoisotopic (exact) mass is 294 g/mol. The van der Waals surface area contributed by atoms with Crippen molar-refractivity contribution in [2.75, 3.05) is 25.0 Å². The van der Waals surface area contributed by atoms with E-state index in [0.717, 1.165) is 0 Å². The minimum absolute atomic E-state index is 0.0765. The van der Waals surface area contributed by atoms with E-state index >= 15 is 0 Å². The predicted octanol–water partition coefficient (Wildman–Crippen LogP) is 0.920. The molecule has 0 saturated heterocycles. The average Bonchev–Trinajstić information content (AvgIpc) is 2.49. The Bertz CT molecular complexity index is 474. The number of nitrogens with one attached hydrogen (secondary N) is 1. The summed E-state index contributed by atoms with van der Waals surface area (Å²) in [5.74, 6) is -0.687. The summed E-state index contributed by atoms with van der Waals surface area (Å²) in [7, 11) is 1.71. The molecule has 0 spiro atoms. The zero-order valence-corrected chi connectivity index (χ0v) is 12.7. The van der Waals surface area contributed by atoms with Gasteiger partial charge >= 0.3 is 5.97 Å². The summed E-state index contributed by atoms with van der Waals surface area (Å²) in [6, 6.07) is 1.70. The van der Waals surface area contributed by atoms with Crippen LogP contribution in [0.2, 0.25) is 0 Å². The highest BCUT2D eigenvalue weighted by molar-refractivity contribution is 5.82. The van der Waals surface area contributed by atoms with Crippen molar-refractivity contribution in [1.82, 2.24) is 15.3 Å². The first-order valence-electron chi connectivity index (χ1n) is 6.93. The van der Waals surface area contributed by atoms with Crippen LogP contribution in [0.3, 0.4) is 0 Å². The molecule has 1 rings (SSSR count). The van der Waals surface area contributed by atoms with Gasteiger partial charge in [-0.1, -0.05) is 13.8 Å². The zero-order valence-electron chi connectivity index (χ0n) is 12.7. The first-order valence-corrected chi connectivity index (χ1v) is 6.93. The van der Waals surface area contributed by atoms with Gasteiger partial charge in [-0.3, -0.25) is 9.59 Å². The Labute approximate surface area is 124 Å². The lowest BCUT2D eigenvalue weighted by Gasteiger charge is -2.27. The Morgan fingerprint density at radius 2 is 1.86 bits per heavy atom. The molecule has 0 aliphatic rings. The van der Waals surface area contributed by atoms with Crippen LogP contribution in [0, 0.1) is 5.41 Å². The summed E-state index contributed by atoms with van der Waals surface area (Å²) in [5.41, 5.74) is -0.905. The summed E-state index contributed by atoms with van der Waals surface area (Å²) in [5, 5.41) is 12.0. The average molecular weight is 294 g/mol.